The Morgan fingerprint density at radius 1 is 1.32 bits per heavy atom. The van der Waals surface area contributed by atoms with Crippen LogP contribution in [-0.2, 0) is 12.0 Å². The van der Waals surface area contributed by atoms with Crippen LogP contribution in [0, 0.1) is 0 Å². The minimum Gasteiger partial charge on any atom is -0.309 e. The van der Waals surface area contributed by atoms with Gasteiger partial charge in [0, 0.05) is 36.2 Å². The van der Waals surface area contributed by atoms with Crippen LogP contribution in [0.15, 0.2) is 6.20 Å². The van der Waals surface area contributed by atoms with Gasteiger partial charge in [-0.2, -0.15) is 0 Å². The van der Waals surface area contributed by atoms with Crippen LogP contribution in [0.25, 0.3) is 0 Å². The van der Waals surface area contributed by atoms with E-state index in [-0.39, 0.29) is 17.8 Å². The average molecular weight is 304 g/mol. The zero-order valence-electron chi connectivity index (χ0n) is 12.6. The van der Waals surface area contributed by atoms with Gasteiger partial charge in [0.05, 0.1) is 6.54 Å². The minimum absolute atomic E-state index is 0. The lowest BCUT2D eigenvalue weighted by atomic mass is 9.96. The molecule has 1 fully saturated rings. The molecule has 2 unspecified atom stereocenters. The molecule has 19 heavy (non-hydrogen) atoms. The third-order valence-corrected chi connectivity index (χ3v) is 4.69. The predicted molar refractivity (Wildman–Crippen MR) is 85.4 cm³/mol. The maximum Gasteiger partial charge on any atom is 0.107 e. The van der Waals surface area contributed by atoms with E-state index in [0.717, 1.165) is 19.6 Å². The first-order valence-electron chi connectivity index (χ1n) is 6.78. The summed E-state index contributed by atoms with van der Waals surface area (Å²) in [7, 11) is 0. The van der Waals surface area contributed by atoms with Gasteiger partial charge in [-0.05, 0) is 19.3 Å². The summed E-state index contributed by atoms with van der Waals surface area (Å²) in [4.78, 5) is 8.48. The average Bonchev–Trinajstić information content (AvgIpc) is 2.63. The Labute approximate surface area is 127 Å². The molecule has 2 rings (SSSR count). The number of aromatic nitrogens is 1. The molecule has 0 bridgehead atoms. The third kappa shape index (κ3) is 4.71. The first-order chi connectivity index (χ1) is 8.34. The van der Waals surface area contributed by atoms with Crippen LogP contribution < -0.4 is 5.32 Å². The van der Waals surface area contributed by atoms with Crippen LogP contribution in [0.2, 0.25) is 0 Å². The molecule has 110 valence electrons. The molecule has 1 aromatic heterocycles. The Morgan fingerprint density at radius 3 is 2.37 bits per heavy atom. The lowest BCUT2D eigenvalue weighted by Crippen LogP contribution is -2.53. The molecular weight excluding hydrogens is 278 g/mol. The molecule has 1 saturated heterocycles. The lowest BCUT2D eigenvalue weighted by molar-refractivity contribution is 0.166. The number of nitrogens with one attached hydrogen (secondary N) is 1. The topological polar surface area (TPSA) is 28.2 Å². The maximum absolute atomic E-state index is 4.58. The molecule has 2 heterocycles. The molecule has 0 aliphatic carbocycles. The molecule has 1 N–H and O–H groups in total. The van der Waals surface area contributed by atoms with E-state index in [9.17, 15) is 0 Å². The zero-order chi connectivity index (χ0) is 13.3. The van der Waals surface area contributed by atoms with Gasteiger partial charge in [-0.25, -0.2) is 4.98 Å². The van der Waals surface area contributed by atoms with Gasteiger partial charge in [0.1, 0.15) is 5.01 Å². The Hall–Kier alpha value is -0.160. The molecule has 1 aromatic rings. The number of thiazole rings is 1. The van der Waals surface area contributed by atoms with Gasteiger partial charge in [0.25, 0.3) is 0 Å². The van der Waals surface area contributed by atoms with E-state index in [1.807, 2.05) is 11.3 Å². The number of halogens is 1. The first kappa shape index (κ1) is 16.9. The SMILES string of the molecule is CC1CN(Cc2ncc(C(C)(C)C)s2)CC(C)N1.Cl. The summed E-state index contributed by atoms with van der Waals surface area (Å²) < 4.78 is 0. The van der Waals surface area contributed by atoms with Crippen LogP contribution in [0.1, 0.15) is 44.5 Å². The van der Waals surface area contributed by atoms with Gasteiger partial charge >= 0.3 is 0 Å². The largest absolute Gasteiger partial charge is 0.309 e. The molecule has 0 spiro atoms. The molecule has 0 saturated carbocycles. The summed E-state index contributed by atoms with van der Waals surface area (Å²) >= 11 is 1.86. The summed E-state index contributed by atoms with van der Waals surface area (Å²) in [5, 5.41) is 4.82. The quantitative estimate of drug-likeness (QED) is 0.910. The molecule has 1 aliphatic heterocycles. The van der Waals surface area contributed by atoms with E-state index in [1.54, 1.807) is 0 Å². The molecule has 0 amide bonds. The number of hydrogen-bond donors (Lipinski definition) is 1. The minimum atomic E-state index is 0. The van der Waals surface area contributed by atoms with Crippen LogP contribution >= 0.6 is 23.7 Å². The summed E-state index contributed by atoms with van der Waals surface area (Å²) in [6, 6.07) is 1.16. The number of rotatable bonds is 2. The molecule has 5 heteroatoms. The fraction of sp³-hybridized carbons (Fsp3) is 0.786. The Kier molecular flexibility index (Phi) is 5.80. The van der Waals surface area contributed by atoms with Crippen molar-refractivity contribution >= 4 is 23.7 Å². The van der Waals surface area contributed by atoms with Crippen molar-refractivity contribution in [3.63, 3.8) is 0 Å². The van der Waals surface area contributed by atoms with Crippen molar-refractivity contribution in [1.29, 1.82) is 0 Å². The van der Waals surface area contributed by atoms with E-state index in [1.165, 1.54) is 9.88 Å². The van der Waals surface area contributed by atoms with Crippen molar-refractivity contribution in [2.24, 2.45) is 0 Å². The summed E-state index contributed by atoms with van der Waals surface area (Å²) in [6.07, 6.45) is 2.05. The monoisotopic (exact) mass is 303 g/mol. The van der Waals surface area contributed by atoms with Crippen molar-refractivity contribution in [2.45, 2.75) is 58.7 Å². The highest BCUT2D eigenvalue weighted by atomic mass is 35.5. The standard InChI is InChI=1S/C14H25N3S.ClH/c1-10-7-17(8-11(2)16-10)9-13-15-6-12(18-13)14(3,4)5;/h6,10-11,16H,7-9H2,1-5H3;1H. The highest BCUT2D eigenvalue weighted by Crippen LogP contribution is 2.28. The maximum atomic E-state index is 4.58. The van der Waals surface area contributed by atoms with Gasteiger partial charge < -0.3 is 5.32 Å². The van der Waals surface area contributed by atoms with Crippen molar-refractivity contribution in [3.8, 4) is 0 Å². The Bertz CT molecular complexity index is 390. The second-order valence-corrected chi connectivity index (χ2v) is 7.65. The highest BCUT2D eigenvalue weighted by molar-refractivity contribution is 7.11. The van der Waals surface area contributed by atoms with Crippen LogP contribution in [0.4, 0.5) is 0 Å². The van der Waals surface area contributed by atoms with Crippen LogP contribution in [0.3, 0.4) is 0 Å². The summed E-state index contributed by atoms with van der Waals surface area (Å²) in [5.41, 5.74) is 0.222. The summed E-state index contributed by atoms with van der Waals surface area (Å²) in [6.45, 7) is 14.5. The smallest absolute Gasteiger partial charge is 0.107 e. The van der Waals surface area contributed by atoms with E-state index < -0.39 is 0 Å². The second-order valence-electron chi connectivity index (χ2n) is 6.53. The van der Waals surface area contributed by atoms with E-state index >= 15 is 0 Å². The Morgan fingerprint density at radius 2 is 1.89 bits per heavy atom. The molecule has 3 nitrogen and oxygen atoms in total. The fourth-order valence-corrected chi connectivity index (χ4v) is 3.51. The third-order valence-electron chi connectivity index (χ3n) is 3.28. The molecule has 0 radical (unpaired) electrons. The van der Waals surface area contributed by atoms with Gasteiger partial charge in [-0.3, -0.25) is 4.90 Å². The van der Waals surface area contributed by atoms with Crippen molar-refractivity contribution in [2.75, 3.05) is 13.1 Å². The van der Waals surface area contributed by atoms with E-state index in [2.05, 4.69) is 56.0 Å². The number of piperazine rings is 1. The fourth-order valence-electron chi connectivity index (χ4n) is 2.49. The molecule has 1 aliphatic rings. The van der Waals surface area contributed by atoms with Gasteiger partial charge in [0.15, 0.2) is 0 Å². The van der Waals surface area contributed by atoms with E-state index in [4.69, 9.17) is 0 Å². The number of nitrogens with zero attached hydrogens (tertiary/aromatic N) is 2. The summed E-state index contributed by atoms with van der Waals surface area (Å²) in [5.74, 6) is 0. The first-order valence-corrected chi connectivity index (χ1v) is 7.60. The van der Waals surface area contributed by atoms with Gasteiger partial charge in [-0.15, -0.1) is 23.7 Å². The molecule has 2 atom stereocenters. The van der Waals surface area contributed by atoms with Crippen molar-refractivity contribution in [3.05, 3.63) is 16.1 Å². The van der Waals surface area contributed by atoms with Crippen LogP contribution in [-0.4, -0.2) is 35.1 Å². The second kappa shape index (κ2) is 6.53. The highest BCUT2D eigenvalue weighted by Gasteiger charge is 2.23. The van der Waals surface area contributed by atoms with Gasteiger partial charge in [-0.1, -0.05) is 20.8 Å². The Balaban J connectivity index is 0.00000180. The zero-order valence-corrected chi connectivity index (χ0v) is 14.2. The molecular formula is C14H26ClN3S. The number of hydrogen-bond acceptors (Lipinski definition) is 4. The van der Waals surface area contributed by atoms with Crippen LogP contribution in [0.5, 0.6) is 0 Å². The van der Waals surface area contributed by atoms with Gasteiger partial charge in [0.2, 0.25) is 0 Å². The lowest BCUT2D eigenvalue weighted by Gasteiger charge is -2.35. The molecule has 0 aromatic carbocycles. The predicted octanol–water partition coefficient (Wildman–Crippen LogP) is 3.04. The van der Waals surface area contributed by atoms with E-state index in [0.29, 0.717) is 12.1 Å². The van der Waals surface area contributed by atoms with Crippen molar-refractivity contribution in [1.82, 2.24) is 15.2 Å². The normalized spacial score (nSPS) is 25.1. The van der Waals surface area contributed by atoms with Crippen molar-refractivity contribution < 1.29 is 0 Å².